The van der Waals surface area contributed by atoms with Gasteiger partial charge in [-0.15, -0.1) is 0 Å². The van der Waals surface area contributed by atoms with Crippen molar-refractivity contribution in [2.24, 2.45) is 17.3 Å². The van der Waals surface area contributed by atoms with E-state index < -0.39 is 0 Å². The van der Waals surface area contributed by atoms with Crippen molar-refractivity contribution < 1.29 is 0 Å². The highest BCUT2D eigenvalue weighted by atomic mass is 14.6. The quantitative estimate of drug-likeness (QED) is 0.410. The van der Waals surface area contributed by atoms with Gasteiger partial charge in [-0.3, -0.25) is 0 Å². The summed E-state index contributed by atoms with van der Waals surface area (Å²) in [6, 6.07) is 0. The Kier molecular flexibility index (Phi) is 2.16. The van der Waals surface area contributed by atoms with Gasteiger partial charge in [-0.1, -0.05) is 43.3 Å². The number of rotatable bonds is 0. The van der Waals surface area contributed by atoms with E-state index in [0.717, 1.165) is 11.8 Å². The molecular formula is C15H20. The fourth-order valence-electron chi connectivity index (χ4n) is 3.35. The van der Waals surface area contributed by atoms with Crippen molar-refractivity contribution in [1.29, 1.82) is 0 Å². The van der Waals surface area contributed by atoms with Crippen molar-refractivity contribution in [3.63, 3.8) is 0 Å². The first kappa shape index (κ1) is 9.52. The van der Waals surface area contributed by atoms with Crippen LogP contribution in [0.15, 0.2) is 12.2 Å². The number of allylic oxidation sites excluding steroid dienone is 1. The second-order valence-corrected chi connectivity index (χ2v) is 5.85. The van der Waals surface area contributed by atoms with E-state index in [9.17, 15) is 0 Å². The average Bonchev–Trinajstić information content (AvgIpc) is 2.91. The van der Waals surface area contributed by atoms with Crippen LogP contribution in [0.25, 0.3) is 0 Å². The predicted octanol–water partition coefficient (Wildman–Crippen LogP) is 3.93. The molecule has 0 saturated heterocycles. The number of hydrogen-bond donors (Lipinski definition) is 0. The van der Waals surface area contributed by atoms with E-state index in [-0.39, 0.29) is 0 Å². The Balaban J connectivity index is 1.54. The summed E-state index contributed by atoms with van der Waals surface area (Å²) in [5, 5.41) is 0. The predicted molar refractivity (Wildman–Crippen MR) is 63.3 cm³/mol. The maximum atomic E-state index is 4.03. The molecule has 3 rings (SSSR count). The summed E-state index contributed by atoms with van der Waals surface area (Å²) >= 11 is 0. The molecule has 0 aromatic rings. The molecule has 1 atom stereocenters. The van der Waals surface area contributed by atoms with Crippen LogP contribution in [0.1, 0.15) is 51.4 Å². The molecule has 3 saturated carbocycles. The van der Waals surface area contributed by atoms with E-state index in [2.05, 4.69) is 18.4 Å². The minimum absolute atomic E-state index is 0.638. The maximum Gasteiger partial charge on any atom is 0.0271 e. The molecule has 1 unspecified atom stereocenters. The summed E-state index contributed by atoms with van der Waals surface area (Å²) in [6.45, 7) is 4.03. The topological polar surface area (TPSA) is 0 Å². The molecule has 1 spiro atoms. The van der Waals surface area contributed by atoms with Crippen molar-refractivity contribution in [2.45, 2.75) is 51.4 Å². The van der Waals surface area contributed by atoms with Crippen LogP contribution < -0.4 is 0 Å². The minimum Gasteiger partial charge on any atom is -0.0998 e. The maximum absolute atomic E-state index is 4.03. The summed E-state index contributed by atoms with van der Waals surface area (Å²) in [7, 11) is 0. The molecule has 0 aromatic heterocycles. The first-order valence-electron chi connectivity index (χ1n) is 6.46. The fraction of sp³-hybridized carbons (Fsp3) is 0.733. The van der Waals surface area contributed by atoms with Gasteiger partial charge < -0.3 is 0 Å². The SMILES string of the molecule is C=C1CC2(C1)CC2C#CC1CCCCC1. The lowest BCUT2D eigenvalue weighted by Gasteiger charge is -2.28. The Labute approximate surface area is 93.1 Å². The Morgan fingerprint density at radius 3 is 2.47 bits per heavy atom. The number of hydrogen-bond acceptors (Lipinski definition) is 0. The van der Waals surface area contributed by atoms with Gasteiger partial charge in [-0.05, 0) is 37.5 Å². The highest BCUT2D eigenvalue weighted by Crippen LogP contribution is 2.66. The van der Waals surface area contributed by atoms with Crippen molar-refractivity contribution in [1.82, 2.24) is 0 Å². The van der Waals surface area contributed by atoms with Gasteiger partial charge in [0, 0.05) is 11.8 Å². The van der Waals surface area contributed by atoms with E-state index in [1.807, 2.05) is 0 Å². The third-order valence-electron chi connectivity index (χ3n) is 4.46. The summed E-state index contributed by atoms with van der Waals surface area (Å²) in [4.78, 5) is 0. The third-order valence-corrected chi connectivity index (χ3v) is 4.46. The van der Waals surface area contributed by atoms with Crippen LogP contribution >= 0.6 is 0 Å². The van der Waals surface area contributed by atoms with Crippen molar-refractivity contribution in [3.05, 3.63) is 12.2 Å². The van der Waals surface area contributed by atoms with E-state index in [1.54, 1.807) is 0 Å². The van der Waals surface area contributed by atoms with Crippen LogP contribution in [0.5, 0.6) is 0 Å². The Bertz CT molecular complexity index is 325. The lowest BCUT2D eigenvalue weighted by molar-refractivity contribution is 0.375. The van der Waals surface area contributed by atoms with E-state index >= 15 is 0 Å². The molecule has 0 nitrogen and oxygen atoms in total. The summed E-state index contributed by atoms with van der Waals surface area (Å²) in [5.74, 6) is 8.57. The first-order valence-corrected chi connectivity index (χ1v) is 6.46. The Hall–Kier alpha value is -0.700. The third kappa shape index (κ3) is 1.73. The molecule has 0 aromatic carbocycles. The zero-order valence-corrected chi connectivity index (χ0v) is 9.52. The Morgan fingerprint density at radius 2 is 1.80 bits per heavy atom. The zero-order chi connectivity index (χ0) is 10.3. The highest BCUT2D eigenvalue weighted by molar-refractivity contribution is 5.31. The summed E-state index contributed by atoms with van der Waals surface area (Å²) < 4.78 is 0. The molecule has 0 bridgehead atoms. The minimum atomic E-state index is 0.638. The van der Waals surface area contributed by atoms with Gasteiger partial charge in [0.05, 0.1) is 0 Å². The summed E-state index contributed by atoms with van der Waals surface area (Å²) in [6.07, 6.45) is 10.9. The van der Waals surface area contributed by atoms with Gasteiger partial charge in [-0.2, -0.15) is 0 Å². The first-order chi connectivity index (χ1) is 7.28. The molecule has 0 amide bonds. The molecule has 0 radical (unpaired) electrons. The van der Waals surface area contributed by atoms with Crippen molar-refractivity contribution >= 4 is 0 Å². The van der Waals surface area contributed by atoms with Crippen LogP contribution in [-0.4, -0.2) is 0 Å². The molecular weight excluding hydrogens is 180 g/mol. The molecule has 15 heavy (non-hydrogen) atoms. The van der Waals surface area contributed by atoms with Gasteiger partial charge in [0.25, 0.3) is 0 Å². The van der Waals surface area contributed by atoms with Gasteiger partial charge >= 0.3 is 0 Å². The van der Waals surface area contributed by atoms with Gasteiger partial charge in [0.15, 0.2) is 0 Å². The largest absolute Gasteiger partial charge is 0.0998 e. The van der Waals surface area contributed by atoms with Crippen molar-refractivity contribution in [2.75, 3.05) is 0 Å². The van der Waals surface area contributed by atoms with Gasteiger partial charge in [0.2, 0.25) is 0 Å². The highest BCUT2D eigenvalue weighted by Gasteiger charge is 2.58. The summed E-state index contributed by atoms with van der Waals surface area (Å²) in [5.41, 5.74) is 2.09. The van der Waals surface area contributed by atoms with Gasteiger partial charge in [-0.25, -0.2) is 0 Å². The monoisotopic (exact) mass is 200 g/mol. The smallest absolute Gasteiger partial charge is 0.0271 e. The lowest BCUT2D eigenvalue weighted by atomic mass is 9.76. The zero-order valence-electron chi connectivity index (χ0n) is 9.52. The molecule has 3 aliphatic carbocycles. The molecule has 0 aliphatic heterocycles. The lowest BCUT2D eigenvalue weighted by Crippen LogP contribution is -2.17. The van der Waals surface area contributed by atoms with E-state index in [1.165, 1.54) is 56.9 Å². The second kappa shape index (κ2) is 3.41. The molecule has 0 heterocycles. The van der Waals surface area contributed by atoms with Crippen LogP contribution in [0.2, 0.25) is 0 Å². The van der Waals surface area contributed by atoms with E-state index in [4.69, 9.17) is 0 Å². The van der Waals surface area contributed by atoms with E-state index in [0.29, 0.717) is 5.41 Å². The standard InChI is InChI=1S/C15H20/c1-12-9-15(10-12)11-14(15)8-7-13-5-3-2-4-6-13/h13-14H,1-6,9-11H2. The van der Waals surface area contributed by atoms with Crippen LogP contribution in [0.3, 0.4) is 0 Å². The molecule has 3 fully saturated rings. The van der Waals surface area contributed by atoms with Gasteiger partial charge in [0.1, 0.15) is 0 Å². The molecule has 0 N–H and O–H groups in total. The molecule has 0 heteroatoms. The van der Waals surface area contributed by atoms with Crippen molar-refractivity contribution in [3.8, 4) is 11.8 Å². The molecule has 80 valence electrons. The fourth-order valence-corrected chi connectivity index (χ4v) is 3.35. The second-order valence-electron chi connectivity index (χ2n) is 5.85. The Morgan fingerprint density at radius 1 is 1.07 bits per heavy atom. The van der Waals surface area contributed by atoms with Crippen LogP contribution in [0, 0.1) is 29.1 Å². The average molecular weight is 200 g/mol. The molecule has 3 aliphatic rings. The van der Waals surface area contributed by atoms with Crippen LogP contribution in [0.4, 0.5) is 0 Å². The normalized spacial score (nSPS) is 33.1. The van der Waals surface area contributed by atoms with Crippen LogP contribution in [-0.2, 0) is 0 Å².